The highest BCUT2D eigenvalue weighted by Gasteiger charge is 2.12. The van der Waals surface area contributed by atoms with Crippen LogP contribution in [0.25, 0.3) is 11.0 Å². The van der Waals surface area contributed by atoms with Crippen LogP contribution >= 0.6 is 0 Å². The molecule has 9 heteroatoms. The monoisotopic (exact) mass is 404 g/mol. The lowest BCUT2D eigenvalue weighted by Crippen LogP contribution is -2.42. The number of carbonyl (C=O) groups is 3. The van der Waals surface area contributed by atoms with Crippen molar-refractivity contribution in [3.63, 3.8) is 0 Å². The van der Waals surface area contributed by atoms with E-state index in [0.29, 0.717) is 23.8 Å². The van der Waals surface area contributed by atoms with Gasteiger partial charge in [-0.2, -0.15) is 0 Å². The van der Waals surface area contributed by atoms with Crippen molar-refractivity contribution in [1.29, 1.82) is 0 Å². The first-order chi connectivity index (χ1) is 13.7. The van der Waals surface area contributed by atoms with Crippen LogP contribution in [0.3, 0.4) is 0 Å². The van der Waals surface area contributed by atoms with Crippen molar-refractivity contribution in [3.05, 3.63) is 40.2 Å². The molecule has 0 saturated carbocycles. The van der Waals surface area contributed by atoms with E-state index >= 15 is 0 Å². The SMILES string of the molecule is Cc1cc(=O)oc2cc(OCC(=O)OCC(=O)NC(=O)NCCC(C)C)ccc12. The Kier molecular flexibility index (Phi) is 7.76. The molecule has 2 rings (SSSR count). The summed E-state index contributed by atoms with van der Waals surface area (Å²) in [5.41, 5.74) is 0.621. The summed E-state index contributed by atoms with van der Waals surface area (Å²) in [4.78, 5) is 46.3. The average molecular weight is 404 g/mol. The molecule has 0 aliphatic rings. The Labute approximate surface area is 167 Å². The molecule has 1 aromatic carbocycles. The minimum atomic E-state index is -0.786. The fraction of sp³-hybridized carbons (Fsp3) is 0.400. The molecule has 156 valence electrons. The van der Waals surface area contributed by atoms with Crippen molar-refractivity contribution in [2.75, 3.05) is 19.8 Å². The first-order valence-corrected chi connectivity index (χ1v) is 9.15. The molecule has 0 aliphatic carbocycles. The average Bonchev–Trinajstić information content (AvgIpc) is 2.63. The van der Waals surface area contributed by atoms with Gasteiger partial charge < -0.3 is 19.2 Å². The van der Waals surface area contributed by atoms with Crippen molar-refractivity contribution in [1.82, 2.24) is 10.6 Å². The van der Waals surface area contributed by atoms with Gasteiger partial charge in [-0.05, 0) is 37.0 Å². The van der Waals surface area contributed by atoms with Gasteiger partial charge in [0.05, 0.1) is 0 Å². The highest BCUT2D eigenvalue weighted by molar-refractivity contribution is 5.95. The molecule has 9 nitrogen and oxygen atoms in total. The molecule has 2 N–H and O–H groups in total. The van der Waals surface area contributed by atoms with Crippen LogP contribution in [0.15, 0.2) is 33.5 Å². The maximum absolute atomic E-state index is 11.7. The zero-order chi connectivity index (χ0) is 21.4. The number of benzene rings is 1. The smallest absolute Gasteiger partial charge is 0.344 e. The van der Waals surface area contributed by atoms with Crippen LogP contribution in [0.2, 0.25) is 0 Å². The standard InChI is InChI=1S/C20H24N2O7/c1-12(2)6-7-21-20(26)22-17(23)10-28-19(25)11-27-14-4-5-15-13(3)8-18(24)29-16(15)9-14/h4-5,8-9,12H,6-7,10-11H2,1-3H3,(H2,21,22,23,26). The fourth-order valence-electron chi connectivity index (χ4n) is 2.41. The number of imide groups is 1. The van der Waals surface area contributed by atoms with Crippen molar-refractivity contribution >= 4 is 28.9 Å². The van der Waals surface area contributed by atoms with E-state index in [0.717, 1.165) is 17.4 Å². The molecule has 0 atom stereocenters. The van der Waals surface area contributed by atoms with E-state index in [1.165, 1.54) is 12.1 Å². The molecule has 0 bridgehead atoms. The lowest BCUT2D eigenvalue weighted by atomic mass is 10.1. The Morgan fingerprint density at radius 1 is 1.14 bits per heavy atom. The van der Waals surface area contributed by atoms with Gasteiger partial charge in [-0.25, -0.2) is 14.4 Å². The van der Waals surface area contributed by atoms with Gasteiger partial charge in [0.2, 0.25) is 0 Å². The first-order valence-electron chi connectivity index (χ1n) is 9.15. The summed E-state index contributed by atoms with van der Waals surface area (Å²) in [6.45, 7) is 5.20. The molecular formula is C20H24N2O7. The van der Waals surface area contributed by atoms with Crippen molar-refractivity contribution < 1.29 is 28.3 Å². The zero-order valence-electron chi connectivity index (χ0n) is 16.6. The minimum Gasteiger partial charge on any atom is -0.482 e. The Morgan fingerprint density at radius 3 is 2.62 bits per heavy atom. The number of urea groups is 1. The molecule has 29 heavy (non-hydrogen) atoms. The number of hydrogen-bond acceptors (Lipinski definition) is 7. The van der Waals surface area contributed by atoms with E-state index in [1.807, 2.05) is 13.8 Å². The summed E-state index contributed by atoms with van der Waals surface area (Å²) in [6, 6.07) is 5.56. The summed E-state index contributed by atoms with van der Waals surface area (Å²) < 4.78 is 15.2. The Hall–Kier alpha value is -3.36. The lowest BCUT2D eigenvalue weighted by Gasteiger charge is -2.09. The number of nitrogens with one attached hydrogen (secondary N) is 2. The van der Waals surface area contributed by atoms with E-state index in [-0.39, 0.29) is 0 Å². The van der Waals surface area contributed by atoms with Crippen LogP contribution < -0.4 is 21.0 Å². The predicted octanol–water partition coefficient (Wildman–Crippen LogP) is 1.90. The number of aryl methyl sites for hydroxylation is 1. The predicted molar refractivity (Wildman–Crippen MR) is 105 cm³/mol. The molecule has 2 aromatic rings. The van der Waals surface area contributed by atoms with Gasteiger partial charge in [-0.3, -0.25) is 10.1 Å². The van der Waals surface area contributed by atoms with Gasteiger partial charge in [-0.15, -0.1) is 0 Å². The van der Waals surface area contributed by atoms with Crippen LogP contribution in [0.1, 0.15) is 25.8 Å². The number of ether oxygens (including phenoxy) is 2. The van der Waals surface area contributed by atoms with Gasteiger partial charge in [0.1, 0.15) is 11.3 Å². The van der Waals surface area contributed by atoms with Crippen LogP contribution in [0, 0.1) is 12.8 Å². The Morgan fingerprint density at radius 2 is 1.90 bits per heavy atom. The number of esters is 1. The first kappa shape index (κ1) is 21.9. The van der Waals surface area contributed by atoms with Crippen LogP contribution in [0.5, 0.6) is 5.75 Å². The molecule has 0 saturated heterocycles. The maximum atomic E-state index is 11.7. The van der Waals surface area contributed by atoms with Crippen molar-refractivity contribution in [3.8, 4) is 5.75 Å². The van der Waals surface area contributed by atoms with E-state index in [2.05, 4.69) is 10.6 Å². The number of rotatable bonds is 8. The van der Waals surface area contributed by atoms with Crippen LogP contribution in [-0.4, -0.2) is 37.7 Å². The van der Waals surface area contributed by atoms with Gasteiger partial charge in [0.15, 0.2) is 13.2 Å². The second kappa shape index (κ2) is 10.3. The highest BCUT2D eigenvalue weighted by atomic mass is 16.6. The number of carbonyl (C=O) groups excluding carboxylic acids is 3. The molecule has 3 amide bonds. The minimum absolute atomic E-state index is 0.303. The van der Waals surface area contributed by atoms with E-state index in [1.54, 1.807) is 19.1 Å². The van der Waals surface area contributed by atoms with E-state index in [9.17, 15) is 19.2 Å². The molecule has 0 radical (unpaired) electrons. The normalized spacial score (nSPS) is 10.6. The molecule has 0 fully saturated rings. The summed E-state index contributed by atoms with van der Waals surface area (Å²) in [5.74, 6) is -0.804. The van der Waals surface area contributed by atoms with Gasteiger partial charge in [0, 0.05) is 24.1 Å². The highest BCUT2D eigenvalue weighted by Crippen LogP contribution is 2.22. The van der Waals surface area contributed by atoms with Gasteiger partial charge in [0.25, 0.3) is 5.91 Å². The molecule has 1 heterocycles. The fourth-order valence-corrected chi connectivity index (χ4v) is 2.41. The molecule has 0 unspecified atom stereocenters. The third kappa shape index (κ3) is 7.28. The van der Waals surface area contributed by atoms with Gasteiger partial charge in [-0.1, -0.05) is 13.8 Å². The van der Waals surface area contributed by atoms with Gasteiger partial charge >= 0.3 is 17.6 Å². The largest absolute Gasteiger partial charge is 0.482 e. The maximum Gasteiger partial charge on any atom is 0.344 e. The van der Waals surface area contributed by atoms with Crippen LogP contribution in [-0.2, 0) is 14.3 Å². The molecule has 1 aromatic heterocycles. The molecule has 0 aliphatic heterocycles. The second-order valence-corrected chi connectivity index (χ2v) is 6.84. The Bertz CT molecular complexity index is 949. The molecule has 0 spiro atoms. The number of amides is 3. The summed E-state index contributed by atoms with van der Waals surface area (Å²) >= 11 is 0. The number of fused-ring (bicyclic) bond motifs is 1. The Balaban J connectivity index is 1.75. The van der Waals surface area contributed by atoms with E-state index in [4.69, 9.17) is 13.9 Å². The van der Waals surface area contributed by atoms with Crippen LogP contribution in [0.4, 0.5) is 4.79 Å². The quantitative estimate of drug-likeness (QED) is 0.509. The summed E-state index contributed by atoms with van der Waals surface area (Å²) in [5, 5.41) is 5.35. The lowest BCUT2D eigenvalue weighted by molar-refractivity contribution is -0.150. The molecular weight excluding hydrogens is 380 g/mol. The van der Waals surface area contributed by atoms with Crippen molar-refractivity contribution in [2.45, 2.75) is 27.2 Å². The topological polar surface area (TPSA) is 124 Å². The van der Waals surface area contributed by atoms with Crippen molar-refractivity contribution in [2.24, 2.45) is 5.92 Å². The third-order valence-corrected chi connectivity index (χ3v) is 3.90. The summed E-state index contributed by atoms with van der Waals surface area (Å²) in [7, 11) is 0. The summed E-state index contributed by atoms with van der Waals surface area (Å²) in [6.07, 6.45) is 0.783. The second-order valence-electron chi connectivity index (χ2n) is 6.84. The zero-order valence-corrected chi connectivity index (χ0v) is 16.6. The number of hydrogen-bond donors (Lipinski definition) is 2. The third-order valence-electron chi connectivity index (χ3n) is 3.90. The van der Waals surface area contributed by atoms with E-state index < -0.39 is 36.7 Å².